The fourth-order valence-corrected chi connectivity index (χ4v) is 4.00. The van der Waals surface area contributed by atoms with E-state index in [1.54, 1.807) is 24.3 Å². The minimum atomic E-state index is -0.654. The quantitative estimate of drug-likeness (QED) is 0.806. The smallest absolute Gasteiger partial charge is 0.349 e. The summed E-state index contributed by atoms with van der Waals surface area (Å²) in [7, 11) is 1.51. The highest BCUT2D eigenvalue weighted by Crippen LogP contribution is 2.37. The Kier molecular flexibility index (Phi) is 4.88. The second-order valence-corrected chi connectivity index (χ2v) is 7.19. The fraction of sp³-hybridized carbons (Fsp3) is 0.500. The molecule has 1 aromatic heterocycles. The summed E-state index contributed by atoms with van der Waals surface area (Å²) in [5.41, 5.74) is -0.296. The normalized spacial score (nSPS) is 19.4. The molecule has 2 heterocycles. The predicted molar refractivity (Wildman–Crippen MR) is 100 cm³/mol. The van der Waals surface area contributed by atoms with Crippen LogP contribution in [0.1, 0.15) is 29.6 Å². The van der Waals surface area contributed by atoms with Crippen LogP contribution in [0.2, 0.25) is 0 Å². The molecule has 0 spiro atoms. The van der Waals surface area contributed by atoms with Crippen molar-refractivity contribution < 1.29 is 18.7 Å². The van der Waals surface area contributed by atoms with Crippen molar-refractivity contribution in [1.29, 1.82) is 0 Å². The maximum atomic E-state index is 12.7. The Balaban J connectivity index is 1.53. The lowest BCUT2D eigenvalue weighted by atomic mass is 9.75. The van der Waals surface area contributed by atoms with Gasteiger partial charge in [0.05, 0.1) is 20.3 Å². The van der Waals surface area contributed by atoms with Crippen LogP contribution in [0, 0.1) is 0 Å². The first kappa shape index (κ1) is 18.0. The van der Waals surface area contributed by atoms with Gasteiger partial charge < -0.3 is 19.2 Å². The van der Waals surface area contributed by atoms with Gasteiger partial charge in [0.25, 0.3) is 5.91 Å². The Morgan fingerprint density at radius 2 is 2.07 bits per heavy atom. The molecule has 27 heavy (non-hydrogen) atoms. The Morgan fingerprint density at radius 3 is 2.74 bits per heavy atom. The molecular formula is C20H24N2O5. The van der Waals surface area contributed by atoms with E-state index in [4.69, 9.17) is 13.9 Å². The predicted octanol–water partition coefficient (Wildman–Crippen LogP) is 1.79. The van der Waals surface area contributed by atoms with Crippen LogP contribution in [0.25, 0.3) is 11.0 Å². The van der Waals surface area contributed by atoms with E-state index in [1.807, 2.05) is 0 Å². The molecule has 0 atom stereocenters. The lowest BCUT2D eigenvalue weighted by Crippen LogP contribution is -2.62. The number of amides is 1. The second kappa shape index (κ2) is 7.32. The number of nitrogens with zero attached hydrogens (tertiary/aromatic N) is 1. The van der Waals surface area contributed by atoms with Crippen LogP contribution < -0.4 is 15.7 Å². The van der Waals surface area contributed by atoms with Gasteiger partial charge >= 0.3 is 5.63 Å². The van der Waals surface area contributed by atoms with Crippen LogP contribution in [-0.4, -0.2) is 56.3 Å². The molecule has 1 N–H and O–H groups in total. The number of nitrogens with one attached hydrogen (secondary N) is 1. The van der Waals surface area contributed by atoms with E-state index in [-0.39, 0.29) is 11.1 Å². The first-order valence-corrected chi connectivity index (χ1v) is 9.35. The van der Waals surface area contributed by atoms with Crippen LogP contribution in [-0.2, 0) is 4.74 Å². The molecule has 1 aliphatic heterocycles. The number of benzene rings is 1. The van der Waals surface area contributed by atoms with E-state index in [9.17, 15) is 9.59 Å². The third kappa shape index (κ3) is 3.33. The SMILES string of the molecule is COc1cccc2cc(C(=O)NCC3(N4CCOCC4)CCC3)c(=O)oc12. The molecule has 144 valence electrons. The number of hydrogen-bond acceptors (Lipinski definition) is 6. The Hall–Kier alpha value is -2.38. The maximum Gasteiger partial charge on any atom is 0.349 e. The van der Waals surface area contributed by atoms with E-state index in [0.717, 1.165) is 45.6 Å². The topological polar surface area (TPSA) is 81.0 Å². The molecule has 0 bridgehead atoms. The summed E-state index contributed by atoms with van der Waals surface area (Å²) in [4.78, 5) is 27.4. The number of carbonyl (C=O) groups is 1. The average molecular weight is 372 g/mol. The summed E-state index contributed by atoms with van der Waals surface area (Å²) in [5.74, 6) is 0.0744. The van der Waals surface area contributed by atoms with Crippen LogP contribution in [0.5, 0.6) is 5.75 Å². The summed E-state index contributed by atoms with van der Waals surface area (Å²) in [6, 6.07) is 6.87. The molecule has 2 fully saturated rings. The van der Waals surface area contributed by atoms with Crippen molar-refractivity contribution in [2.24, 2.45) is 0 Å². The van der Waals surface area contributed by atoms with Crippen molar-refractivity contribution in [2.75, 3.05) is 40.0 Å². The third-order valence-corrected chi connectivity index (χ3v) is 5.73. The van der Waals surface area contributed by atoms with Gasteiger partial charge in [0.1, 0.15) is 5.56 Å². The molecule has 4 rings (SSSR count). The van der Waals surface area contributed by atoms with Gasteiger partial charge in [-0.25, -0.2) is 4.79 Å². The number of methoxy groups -OCH3 is 1. The van der Waals surface area contributed by atoms with Gasteiger partial charge in [-0.15, -0.1) is 0 Å². The minimum absolute atomic E-state index is 0.0142. The molecule has 1 aromatic carbocycles. The van der Waals surface area contributed by atoms with Gasteiger partial charge in [0.2, 0.25) is 0 Å². The lowest BCUT2D eigenvalue weighted by Gasteiger charge is -2.51. The summed E-state index contributed by atoms with van der Waals surface area (Å²) < 4.78 is 16.0. The molecule has 0 unspecified atom stereocenters. The van der Waals surface area contributed by atoms with E-state index in [0.29, 0.717) is 23.3 Å². The van der Waals surface area contributed by atoms with Gasteiger partial charge in [-0.1, -0.05) is 12.1 Å². The molecule has 1 amide bonds. The number of carbonyl (C=O) groups excluding carboxylic acids is 1. The van der Waals surface area contributed by atoms with Crippen molar-refractivity contribution >= 4 is 16.9 Å². The molecule has 2 aromatic rings. The highest BCUT2D eigenvalue weighted by Gasteiger charge is 2.43. The van der Waals surface area contributed by atoms with Crippen LogP contribution in [0.3, 0.4) is 0 Å². The summed E-state index contributed by atoms with van der Waals surface area (Å²) in [6.07, 6.45) is 3.26. The molecule has 1 saturated heterocycles. The number of para-hydroxylation sites is 1. The maximum absolute atomic E-state index is 12.7. The van der Waals surface area contributed by atoms with Gasteiger partial charge in [-0.2, -0.15) is 0 Å². The van der Waals surface area contributed by atoms with Crippen LogP contribution in [0.4, 0.5) is 0 Å². The highest BCUT2D eigenvalue weighted by molar-refractivity contribution is 5.97. The Labute approximate surface area is 157 Å². The molecule has 1 aliphatic carbocycles. The van der Waals surface area contributed by atoms with Crippen LogP contribution >= 0.6 is 0 Å². The van der Waals surface area contributed by atoms with Crippen molar-refractivity contribution in [3.05, 3.63) is 40.2 Å². The van der Waals surface area contributed by atoms with Crippen molar-refractivity contribution in [2.45, 2.75) is 24.8 Å². The number of rotatable bonds is 5. The average Bonchev–Trinajstić information content (AvgIpc) is 2.67. The number of fused-ring (bicyclic) bond motifs is 1. The lowest BCUT2D eigenvalue weighted by molar-refractivity contribution is -0.0540. The molecule has 1 saturated carbocycles. The van der Waals surface area contributed by atoms with Gasteiger partial charge in [-0.3, -0.25) is 9.69 Å². The van der Waals surface area contributed by atoms with Gasteiger partial charge in [0.15, 0.2) is 11.3 Å². The second-order valence-electron chi connectivity index (χ2n) is 7.19. The van der Waals surface area contributed by atoms with E-state index in [2.05, 4.69) is 10.2 Å². The molecule has 7 heteroatoms. The van der Waals surface area contributed by atoms with Gasteiger partial charge in [0, 0.05) is 30.6 Å². The van der Waals surface area contributed by atoms with Crippen molar-refractivity contribution in [3.63, 3.8) is 0 Å². The molecular weight excluding hydrogens is 348 g/mol. The third-order valence-electron chi connectivity index (χ3n) is 5.73. The Morgan fingerprint density at radius 1 is 1.30 bits per heavy atom. The summed E-state index contributed by atoms with van der Waals surface area (Å²) in [6.45, 7) is 3.75. The number of hydrogen-bond donors (Lipinski definition) is 1. The molecule has 2 aliphatic rings. The first-order valence-electron chi connectivity index (χ1n) is 9.35. The highest BCUT2D eigenvalue weighted by atomic mass is 16.5. The molecule has 0 radical (unpaired) electrons. The van der Waals surface area contributed by atoms with Crippen LogP contribution in [0.15, 0.2) is 33.5 Å². The molecule has 7 nitrogen and oxygen atoms in total. The zero-order valence-electron chi connectivity index (χ0n) is 15.5. The zero-order chi connectivity index (χ0) is 18.9. The summed E-state index contributed by atoms with van der Waals surface area (Å²) in [5, 5.41) is 3.62. The van der Waals surface area contributed by atoms with E-state index in [1.165, 1.54) is 7.11 Å². The van der Waals surface area contributed by atoms with Crippen molar-refractivity contribution in [1.82, 2.24) is 10.2 Å². The standard InChI is InChI=1S/C20H24N2O5/c1-25-16-5-2-4-14-12-15(19(24)27-17(14)16)18(23)21-13-20(6-3-7-20)22-8-10-26-11-9-22/h2,4-5,12H,3,6-11,13H2,1H3,(H,21,23). The van der Waals surface area contributed by atoms with E-state index < -0.39 is 11.5 Å². The number of morpholine rings is 1. The van der Waals surface area contributed by atoms with Crippen molar-refractivity contribution in [3.8, 4) is 5.75 Å². The monoisotopic (exact) mass is 372 g/mol. The first-order chi connectivity index (χ1) is 13.1. The minimum Gasteiger partial charge on any atom is -0.493 e. The fourth-order valence-electron chi connectivity index (χ4n) is 4.00. The largest absolute Gasteiger partial charge is 0.493 e. The summed E-state index contributed by atoms with van der Waals surface area (Å²) >= 11 is 0. The Bertz CT molecular complexity index is 897. The van der Waals surface area contributed by atoms with Gasteiger partial charge in [-0.05, 0) is 31.4 Å². The number of ether oxygens (including phenoxy) is 2. The van der Waals surface area contributed by atoms with E-state index >= 15 is 0 Å². The zero-order valence-corrected chi connectivity index (χ0v) is 15.5.